The zero-order chi connectivity index (χ0) is 15.4. The summed E-state index contributed by atoms with van der Waals surface area (Å²) < 4.78 is 18.4. The molecule has 0 radical (unpaired) electrons. The van der Waals surface area contributed by atoms with Crippen LogP contribution in [0.3, 0.4) is 0 Å². The van der Waals surface area contributed by atoms with E-state index in [1.807, 2.05) is 0 Å². The van der Waals surface area contributed by atoms with Gasteiger partial charge in [0.15, 0.2) is 11.6 Å². The first-order valence-electron chi connectivity index (χ1n) is 6.05. The summed E-state index contributed by atoms with van der Waals surface area (Å²) in [5.41, 5.74) is 2.38. The number of nitrogens with one attached hydrogen (secondary N) is 1. The van der Waals surface area contributed by atoms with Gasteiger partial charge in [-0.2, -0.15) is 0 Å². The van der Waals surface area contributed by atoms with Gasteiger partial charge in [0.25, 0.3) is 0 Å². The van der Waals surface area contributed by atoms with Crippen LogP contribution in [0.25, 0.3) is 0 Å². The summed E-state index contributed by atoms with van der Waals surface area (Å²) >= 11 is 0. The predicted molar refractivity (Wildman–Crippen MR) is 77.0 cm³/mol. The van der Waals surface area contributed by atoms with Gasteiger partial charge in [-0.3, -0.25) is 9.69 Å². The number of nitrogens with zero attached hydrogens (tertiary/aromatic N) is 2. The fourth-order valence-electron chi connectivity index (χ4n) is 1.87. The molecule has 1 heterocycles. The lowest BCUT2D eigenvalue weighted by atomic mass is 10.2. The highest BCUT2D eigenvalue weighted by Gasteiger charge is 2.17. The van der Waals surface area contributed by atoms with Crippen LogP contribution in [0.4, 0.5) is 21.6 Å². The third kappa shape index (κ3) is 3.09. The van der Waals surface area contributed by atoms with Gasteiger partial charge in [0.05, 0.1) is 12.8 Å². The zero-order valence-electron chi connectivity index (χ0n) is 11.5. The molecule has 7 heteroatoms. The fraction of sp³-hybridized carbons (Fsp3) is 0.143. The fourth-order valence-corrected chi connectivity index (χ4v) is 1.87. The lowest BCUT2D eigenvalue weighted by Crippen LogP contribution is -2.23. The lowest BCUT2D eigenvalue weighted by molar-refractivity contribution is -0.115. The van der Waals surface area contributed by atoms with E-state index in [0.29, 0.717) is 5.69 Å². The van der Waals surface area contributed by atoms with Crippen molar-refractivity contribution in [1.29, 1.82) is 0 Å². The highest BCUT2D eigenvalue weighted by molar-refractivity contribution is 5.98. The van der Waals surface area contributed by atoms with Gasteiger partial charge < -0.3 is 15.4 Å². The largest absolute Gasteiger partial charge is 0.761 e. The van der Waals surface area contributed by atoms with Gasteiger partial charge in [0.2, 0.25) is 5.91 Å². The van der Waals surface area contributed by atoms with E-state index < -0.39 is 5.82 Å². The molecule has 1 aromatic heterocycles. The van der Waals surface area contributed by atoms with Crippen LogP contribution in [0.2, 0.25) is 0 Å². The Bertz CT molecular complexity index is 664. The molecule has 2 rings (SSSR count). The molecule has 0 saturated heterocycles. The topological polar surface area (TPSA) is 77.5 Å². The van der Waals surface area contributed by atoms with Crippen LogP contribution in [0.15, 0.2) is 36.5 Å². The number of benzene rings is 1. The molecule has 0 fully saturated rings. The van der Waals surface area contributed by atoms with Crippen LogP contribution in [-0.2, 0) is 4.79 Å². The van der Waals surface area contributed by atoms with Crippen molar-refractivity contribution in [3.63, 3.8) is 0 Å². The Labute approximate surface area is 120 Å². The average molecular weight is 290 g/mol. The molecule has 1 aromatic carbocycles. The Morgan fingerprint density at radius 3 is 2.76 bits per heavy atom. The number of pyridine rings is 1. The molecule has 21 heavy (non-hydrogen) atoms. The second-order valence-corrected chi connectivity index (χ2v) is 4.18. The third-order valence-corrected chi connectivity index (χ3v) is 2.80. The van der Waals surface area contributed by atoms with E-state index in [4.69, 9.17) is 4.74 Å². The van der Waals surface area contributed by atoms with Crippen molar-refractivity contribution < 1.29 is 13.9 Å². The van der Waals surface area contributed by atoms with Crippen molar-refractivity contribution in [3.05, 3.63) is 47.6 Å². The number of hydrogen-bond acceptors (Lipinski definition) is 5. The molecular weight excluding hydrogens is 277 g/mol. The van der Waals surface area contributed by atoms with Crippen molar-refractivity contribution in [2.24, 2.45) is 0 Å². The number of hydrogen-bond donors (Lipinski definition) is 1. The van der Waals surface area contributed by atoms with Gasteiger partial charge in [-0.25, -0.2) is 9.37 Å². The van der Waals surface area contributed by atoms with E-state index in [9.17, 15) is 14.4 Å². The summed E-state index contributed by atoms with van der Waals surface area (Å²) in [5.74, 6) is -0.610. The molecule has 6 nitrogen and oxygen atoms in total. The van der Waals surface area contributed by atoms with Crippen LogP contribution in [-0.4, -0.2) is 18.0 Å². The van der Waals surface area contributed by atoms with Gasteiger partial charge >= 0.3 is 0 Å². The number of carbonyl (C=O) groups is 1. The molecule has 0 saturated carbocycles. The standard InChI is InChI=1S/C14H13FN3O3/c1-9(19)18(14-7-10(17-20)5-6-16-14)11-3-4-12(15)13(8-11)21-2/h3-8H,1-2H3,(H-,16,17,20)/q-1. The predicted octanol–water partition coefficient (Wildman–Crippen LogP) is 2.82. The van der Waals surface area contributed by atoms with E-state index in [-0.39, 0.29) is 23.2 Å². The molecule has 110 valence electrons. The van der Waals surface area contributed by atoms with Gasteiger partial charge in [-0.05, 0) is 18.2 Å². The van der Waals surface area contributed by atoms with Gasteiger partial charge in [0, 0.05) is 30.9 Å². The molecule has 0 aliphatic rings. The SMILES string of the molecule is COc1cc(N(C(C)=O)c2cc(N[O-])ccn2)ccc1F. The van der Waals surface area contributed by atoms with Crippen LogP contribution in [0.5, 0.6) is 5.75 Å². The summed E-state index contributed by atoms with van der Waals surface area (Å²) in [5, 5.41) is 10.7. The van der Waals surface area contributed by atoms with Crippen molar-refractivity contribution in [1.82, 2.24) is 4.98 Å². The number of methoxy groups -OCH3 is 1. The molecule has 0 unspecified atom stereocenters. The Hall–Kier alpha value is -2.67. The van der Waals surface area contributed by atoms with Crippen LogP contribution >= 0.6 is 0 Å². The summed E-state index contributed by atoms with van der Waals surface area (Å²) in [6.07, 6.45) is 1.40. The Kier molecular flexibility index (Phi) is 4.34. The number of halogens is 1. The Balaban J connectivity index is 2.50. The normalized spacial score (nSPS) is 10.1. The number of carbonyl (C=O) groups excluding carboxylic acids is 1. The second-order valence-electron chi connectivity index (χ2n) is 4.18. The second kappa shape index (κ2) is 6.19. The summed E-state index contributed by atoms with van der Waals surface area (Å²) in [6.45, 7) is 1.34. The van der Waals surface area contributed by atoms with Gasteiger partial charge in [-0.1, -0.05) is 0 Å². The quantitative estimate of drug-likeness (QED) is 0.876. The number of rotatable bonds is 4. The minimum Gasteiger partial charge on any atom is -0.761 e. The molecule has 0 bridgehead atoms. The van der Waals surface area contributed by atoms with E-state index in [1.165, 1.54) is 55.5 Å². The lowest BCUT2D eigenvalue weighted by Gasteiger charge is -2.22. The highest BCUT2D eigenvalue weighted by atomic mass is 19.1. The zero-order valence-corrected chi connectivity index (χ0v) is 11.5. The van der Waals surface area contributed by atoms with E-state index in [2.05, 4.69) is 4.98 Å². The van der Waals surface area contributed by atoms with Gasteiger partial charge in [-0.15, -0.1) is 0 Å². The molecule has 0 atom stereocenters. The first kappa shape index (κ1) is 14.7. The van der Waals surface area contributed by atoms with Crippen molar-refractivity contribution in [2.75, 3.05) is 17.5 Å². The summed E-state index contributed by atoms with van der Waals surface area (Å²) in [7, 11) is 1.33. The summed E-state index contributed by atoms with van der Waals surface area (Å²) in [4.78, 5) is 17.2. The number of amides is 1. The Morgan fingerprint density at radius 1 is 1.38 bits per heavy atom. The molecule has 0 aliphatic carbocycles. The minimum atomic E-state index is -0.535. The number of anilines is 3. The van der Waals surface area contributed by atoms with E-state index >= 15 is 0 Å². The van der Waals surface area contributed by atoms with Crippen LogP contribution < -0.4 is 15.1 Å². The van der Waals surface area contributed by atoms with Crippen LogP contribution in [0.1, 0.15) is 6.92 Å². The average Bonchev–Trinajstić information content (AvgIpc) is 2.49. The molecule has 1 amide bonds. The van der Waals surface area contributed by atoms with Crippen molar-refractivity contribution in [3.8, 4) is 5.75 Å². The molecule has 0 aliphatic heterocycles. The number of ether oxygens (including phenoxy) is 1. The minimum absolute atomic E-state index is 0.0110. The van der Waals surface area contributed by atoms with Crippen molar-refractivity contribution in [2.45, 2.75) is 6.92 Å². The summed E-state index contributed by atoms with van der Waals surface area (Å²) in [6, 6.07) is 6.90. The van der Waals surface area contributed by atoms with Crippen molar-refractivity contribution >= 4 is 23.1 Å². The smallest absolute Gasteiger partial charge is 0.229 e. The molecule has 2 aromatic rings. The molecule has 0 spiro atoms. The molecule has 1 N–H and O–H groups in total. The molecular formula is C14H13FN3O3-. The van der Waals surface area contributed by atoms with Gasteiger partial charge in [0.1, 0.15) is 5.82 Å². The first-order valence-corrected chi connectivity index (χ1v) is 6.05. The van der Waals surface area contributed by atoms with Crippen LogP contribution in [0, 0.1) is 11.0 Å². The third-order valence-electron chi connectivity index (χ3n) is 2.80. The number of aromatic nitrogens is 1. The van der Waals surface area contributed by atoms with E-state index in [0.717, 1.165) is 0 Å². The first-order chi connectivity index (χ1) is 10.1. The maximum atomic E-state index is 13.5. The Morgan fingerprint density at radius 2 is 2.14 bits per heavy atom. The highest BCUT2D eigenvalue weighted by Crippen LogP contribution is 2.30. The maximum absolute atomic E-state index is 13.5. The maximum Gasteiger partial charge on any atom is 0.229 e. The monoisotopic (exact) mass is 290 g/mol. The van der Waals surface area contributed by atoms with E-state index in [1.54, 1.807) is 5.48 Å².